The lowest BCUT2D eigenvalue weighted by Crippen LogP contribution is -2.51. The van der Waals surface area contributed by atoms with Gasteiger partial charge in [-0.15, -0.1) is 0 Å². The molecule has 3 heterocycles. The fraction of sp³-hybridized carbons (Fsp3) is 0.486. The molecule has 3 atom stereocenters. The van der Waals surface area contributed by atoms with Gasteiger partial charge in [-0.2, -0.15) is 0 Å². The normalized spacial score (nSPS) is 21.5. The Hall–Kier alpha value is -3.71. The second kappa shape index (κ2) is 13.5. The van der Waals surface area contributed by atoms with Gasteiger partial charge in [0.1, 0.15) is 17.2 Å². The van der Waals surface area contributed by atoms with Crippen LogP contribution in [0, 0.1) is 5.92 Å². The number of ether oxygens (including phenoxy) is 1. The number of Topliss-reactive ketones (excluding diaryl/α,β-unsaturated/α-hetero) is 1. The number of ketones is 1. The maximum Gasteiger partial charge on any atom is 0.225 e. The number of anilines is 1. The van der Waals surface area contributed by atoms with Gasteiger partial charge < -0.3 is 20.3 Å². The average molecular weight is 595 g/mol. The summed E-state index contributed by atoms with van der Waals surface area (Å²) in [5.41, 5.74) is 3.29. The highest BCUT2D eigenvalue weighted by atomic mass is 16.5. The van der Waals surface area contributed by atoms with E-state index in [4.69, 9.17) is 4.74 Å². The molecule has 44 heavy (non-hydrogen) atoms. The molecule has 2 aliphatic heterocycles. The summed E-state index contributed by atoms with van der Waals surface area (Å²) in [7, 11) is 0. The van der Waals surface area contributed by atoms with Crippen molar-refractivity contribution >= 4 is 17.5 Å². The fourth-order valence-electron chi connectivity index (χ4n) is 7.23. The lowest BCUT2D eigenvalue weighted by molar-refractivity contribution is -0.130. The summed E-state index contributed by atoms with van der Waals surface area (Å²) in [5, 5.41) is 6.83. The van der Waals surface area contributed by atoms with E-state index < -0.39 is 6.04 Å². The molecule has 3 aromatic rings. The van der Waals surface area contributed by atoms with Crippen molar-refractivity contribution in [2.45, 2.75) is 88.8 Å². The van der Waals surface area contributed by atoms with Gasteiger partial charge in [0.25, 0.3) is 0 Å². The standard InChI is InChI=1S/C37H46N4O3/c1-26(2)28-15-16-34-30(22-28)32(23-37(44-34)17-7-8-18-37)39-24-33(42)31(21-27-11-4-3-5-12-27)40-36(43)29-13-10-20-41(25-29)35-14-6-9-19-38-35/h3-6,9,11-12,14-16,19,22,26,29,31-32,39H,7-8,10,13,17-18,20-21,23-25H2,1-2H3,(H,40,43)/t29?,31-,32-/m0/s1. The predicted octanol–water partition coefficient (Wildman–Crippen LogP) is 6.14. The van der Waals surface area contributed by atoms with Crippen molar-refractivity contribution in [3.05, 3.63) is 89.6 Å². The molecule has 2 fully saturated rings. The third-order valence-corrected chi connectivity index (χ3v) is 9.77. The molecule has 1 amide bonds. The van der Waals surface area contributed by atoms with Crippen molar-refractivity contribution in [3.63, 3.8) is 0 Å². The van der Waals surface area contributed by atoms with Gasteiger partial charge in [-0.1, -0.05) is 62.4 Å². The number of hydrogen-bond donors (Lipinski definition) is 2. The zero-order chi connectivity index (χ0) is 30.5. The first-order chi connectivity index (χ1) is 21.4. The first kappa shape index (κ1) is 30.3. The Bertz CT molecular complexity index is 1420. The molecule has 7 heteroatoms. The Balaban J connectivity index is 1.17. The Morgan fingerprint density at radius 3 is 2.57 bits per heavy atom. The number of nitrogens with one attached hydrogen (secondary N) is 2. The van der Waals surface area contributed by atoms with Crippen LogP contribution in [0.4, 0.5) is 5.82 Å². The molecule has 2 N–H and O–H groups in total. The number of piperidine rings is 1. The molecule has 2 aromatic carbocycles. The Morgan fingerprint density at radius 2 is 1.82 bits per heavy atom. The van der Waals surface area contributed by atoms with Crippen molar-refractivity contribution < 1.29 is 14.3 Å². The number of fused-ring (bicyclic) bond motifs is 1. The quantitative estimate of drug-likeness (QED) is 0.293. The number of pyridine rings is 1. The lowest BCUT2D eigenvalue weighted by atomic mass is 9.84. The second-order valence-electron chi connectivity index (χ2n) is 13.3. The van der Waals surface area contributed by atoms with E-state index in [0.717, 1.165) is 61.3 Å². The zero-order valence-corrected chi connectivity index (χ0v) is 26.1. The maximum absolute atomic E-state index is 14.0. The summed E-state index contributed by atoms with van der Waals surface area (Å²) < 4.78 is 6.65. The number of hydrogen-bond acceptors (Lipinski definition) is 6. The first-order valence-corrected chi connectivity index (χ1v) is 16.5. The van der Waals surface area contributed by atoms with Gasteiger partial charge >= 0.3 is 0 Å². The van der Waals surface area contributed by atoms with E-state index >= 15 is 0 Å². The molecule has 1 aromatic heterocycles. The lowest BCUT2D eigenvalue weighted by Gasteiger charge is -2.40. The SMILES string of the molecule is CC(C)c1ccc2c(c1)[C@@H](NCC(=O)[C@H](Cc1ccccc1)NC(=O)C1CCCN(c3ccccn3)C1)CC1(CCCC1)O2. The van der Waals surface area contributed by atoms with Crippen LogP contribution in [-0.2, 0) is 16.0 Å². The van der Waals surface area contributed by atoms with E-state index in [2.05, 4.69) is 52.6 Å². The molecule has 0 radical (unpaired) electrons. The minimum absolute atomic E-state index is 0.00752. The Morgan fingerprint density at radius 1 is 1.02 bits per heavy atom. The van der Waals surface area contributed by atoms with Gasteiger partial charge in [-0.3, -0.25) is 9.59 Å². The van der Waals surface area contributed by atoms with Gasteiger partial charge in [0.2, 0.25) is 5.91 Å². The van der Waals surface area contributed by atoms with E-state index in [-0.39, 0.29) is 35.8 Å². The van der Waals surface area contributed by atoms with Crippen LogP contribution in [0.25, 0.3) is 0 Å². The molecular formula is C37H46N4O3. The zero-order valence-electron chi connectivity index (χ0n) is 26.1. The molecule has 0 bridgehead atoms. The minimum Gasteiger partial charge on any atom is -0.487 e. The van der Waals surface area contributed by atoms with Crippen molar-refractivity contribution in [2.75, 3.05) is 24.5 Å². The summed E-state index contributed by atoms with van der Waals surface area (Å²) in [6.45, 7) is 6.08. The van der Waals surface area contributed by atoms with Crippen LogP contribution in [0.3, 0.4) is 0 Å². The predicted molar refractivity (Wildman–Crippen MR) is 174 cm³/mol. The average Bonchev–Trinajstić information content (AvgIpc) is 3.50. The number of nitrogens with zero attached hydrogens (tertiary/aromatic N) is 2. The second-order valence-corrected chi connectivity index (χ2v) is 13.3. The van der Waals surface area contributed by atoms with E-state index in [1.165, 1.54) is 18.4 Å². The highest BCUT2D eigenvalue weighted by molar-refractivity contribution is 5.91. The number of rotatable bonds is 10. The van der Waals surface area contributed by atoms with E-state index in [0.29, 0.717) is 18.9 Å². The molecule has 232 valence electrons. The number of benzene rings is 2. The first-order valence-electron chi connectivity index (χ1n) is 16.5. The van der Waals surface area contributed by atoms with Crippen LogP contribution in [0.5, 0.6) is 5.75 Å². The smallest absolute Gasteiger partial charge is 0.225 e. The van der Waals surface area contributed by atoms with Gasteiger partial charge in [0.05, 0.1) is 18.5 Å². The van der Waals surface area contributed by atoms with Gasteiger partial charge in [-0.25, -0.2) is 4.98 Å². The van der Waals surface area contributed by atoms with Crippen molar-refractivity contribution in [2.24, 2.45) is 5.92 Å². The molecule has 1 aliphatic carbocycles. The van der Waals surface area contributed by atoms with Gasteiger partial charge in [0, 0.05) is 37.3 Å². The number of carbonyl (C=O) groups excluding carboxylic acids is 2. The van der Waals surface area contributed by atoms with Crippen molar-refractivity contribution in [3.8, 4) is 5.75 Å². The van der Waals surface area contributed by atoms with Crippen LogP contribution in [-0.4, -0.2) is 48.0 Å². The molecule has 6 rings (SSSR count). The van der Waals surface area contributed by atoms with Crippen LogP contribution < -0.4 is 20.3 Å². The molecule has 1 saturated heterocycles. The summed E-state index contributed by atoms with van der Waals surface area (Å²) >= 11 is 0. The van der Waals surface area contributed by atoms with Crippen LogP contribution >= 0.6 is 0 Å². The highest BCUT2D eigenvalue weighted by Crippen LogP contribution is 2.47. The van der Waals surface area contributed by atoms with Crippen molar-refractivity contribution in [1.29, 1.82) is 0 Å². The molecule has 1 saturated carbocycles. The molecular weight excluding hydrogens is 548 g/mol. The summed E-state index contributed by atoms with van der Waals surface area (Å²) in [5.74, 6) is 2.00. The third kappa shape index (κ3) is 6.99. The van der Waals surface area contributed by atoms with E-state index in [1.807, 2.05) is 48.5 Å². The van der Waals surface area contributed by atoms with E-state index in [1.54, 1.807) is 6.20 Å². The molecule has 7 nitrogen and oxygen atoms in total. The summed E-state index contributed by atoms with van der Waals surface area (Å²) in [6.07, 6.45) is 9.28. The number of carbonyl (C=O) groups is 2. The van der Waals surface area contributed by atoms with Crippen LogP contribution in [0.15, 0.2) is 72.9 Å². The Labute approximate surface area is 261 Å². The van der Waals surface area contributed by atoms with E-state index in [9.17, 15) is 9.59 Å². The topological polar surface area (TPSA) is 83.6 Å². The largest absolute Gasteiger partial charge is 0.487 e. The maximum atomic E-state index is 14.0. The third-order valence-electron chi connectivity index (χ3n) is 9.77. The number of aromatic nitrogens is 1. The summed E-state index contributed by atoms with van der Waals surface area (Å²) in [4.78, 5) is 34.3. The Kier molecular flexibility index (Phi) is 9.31. The van der Waals surface area contributed by atoms with Gasteiger partial charge in [0.15, 0.2) is 5.78 Å². The van der Waals surface area contributed by atoms with Crippen LogP contribution in [0.1, 0.15) is 87.4 Å². The molecule has 1 unspecified atom stereocenters. The minimum atomic E-state index is -0.607. The van der Waals surface area contributed by atoms with Crippen molar-refractivity contribution in [1.82, 2.24) is 15.6 Å². The highest BCUT2D eigenvalue weighted by Gasteiger charge is 2.43. The monoisotopic (exact) mass is 594 g/mol. The summed E-state index contributed by atoms with van der Waals surface area (Å²) in [6, 6.07) is 21.8. The number of amides is 1. The van der Waals surface area contributed by atoms with Gasteiger partial charge in [-0.05, 0) is 80.2 Å². The molecule has 1 spiro atoms. The van der Waals surface area contributed by atoms with Crippen LogP contribution in [0.2, 0.25) is 0 Å². The molecule has 3 aliphatic rings. The fourth-order valence-corrected chi connectivity index (χ4v) is 7.23.